The predicted molar refractivity (Wildman–Crippen MR) is 84.0 cm³/mol. The minimum atomic E-state index is -0.126. The second-order valence-electron chi connectivity index (χ2n) is 5.70. The van der Waals surface area contributed by atoms with Crippen LogP contribution in [0.5, 0.6) is 5.75 Å². The van der Waals surface area contributed by atoms with E-state index < -0.39 is 0 Å². The van der Waals surface area contributed by atoms with Gasteiger partial charge in [-0.25, -0.2) is 0 Å². The van der Waals surface area contributed by atoms with Crippen LogP contribution in [0.1, 0.15) is 31.7 Å². The van der Waals surface area contributed by atoms with E-state index in [1.165, 1.54) is 0 Å². The van der Waals surface area contributed by atoms with Crippen LogP contribution >= 0.6 is 0 Å². The molecule has 0 radical (unpaired) electrons. The number of amides is 1. The number of rotatable bonds is 6. The maximum atomic E-state index is 12.2. The summed E-state index contributed by atoms with van der Waals surface area (Å²) >= 11 is 0. The third kappa shape index (κ3) is 4.22. The summed E-state index contributed by atoms with van der Waals surface area (Å²) in [5, 5.41) is 18.2. The number of likely N-dealkylation sites (N-methyl/N-ethyl adjacent to an activating group) is 1. The summed E-state index contributed by atoms with van der Waals surface area (Å²) in [6, 6.07) is 9.20. The van der Waals surface area contributed by atoms with Gasteiger partial charge in [0.1, 0.15) is 12.2 Å². The van der Waals surface area contributed by atoms with Crippen LogP contribution in [0.15, 0.2) is 24.3 Å². The molecule has 0 aliphatic carbocycles. The number of carbonyl (C=O) groups is 1. The average molecular weight is 301 g/mol. The van der Waals surface area contributed by atoms with Gasteiger partial charge in [-0.2, -0.15) is 5.26 Å². The normalized spacial score (nSPS) is 18.1. The zero-order valence-corrected chi connectivity index (χ0v) is 13.0. The van der Waals surface area contributed by atoms with Crippen LogP contribution in [0.25, 0.3) is 0 Å². The number of phenols is 1. The van der Waals surface area contributed by atoms with Crippen LogP contribution < -0.4 is 0 Å². The second-order valence-corrected chi connectivity index (χ2v) is 5.70. The van der Waals surface area contributed by atoms with Crippen molar-refractivity contribution in [1.29, 1.82) is 5.26 Å². The molecule has 1 N–H and O–H groups in total. The highest BCUT2D eigenvalue weighted by molar-refractivity contribution is 5.78. The lowest BCUT2D eigenvalue weighted by atomic mass is 10.1. The fourth-order valence-electron chi connectivity index (χ4n) is 3.03. The molecule has 1 aliphatic heterocycles. The first kappa shape index (κ1) is 16.3. The van der Waals surface area contributed by atoms with Gasteiger partial charge in [-0.3, -0.25) is 9.69 Å². The highest BCUT2D eigenvalue weighted by atomic mass is 16.3. The van der Waals surface area contributed by atoms with Crippen molar-refractivity contribution in [2.24, 2.45) is 0 Å². The van der Waals surface area contributed by atoms with Crippen LogP contribution in [-0.2, 0) is 11.3 Å². The summed E-state index contributed by atoms with van der Waals surface area (Å²) in [7, 11) is 0. The SMILES string of the molecule is CCN1CCCC1CN(Cc1ccc(O)cc1)C(=O)CC#N. The zero-order chi connectivity index (χ0) is 15.9. The monoisotopic (exact) mass is 301 g/mol. The summed E-state index contributed by atoms with van der Waals surface area (Å²) in [6.07, 6.45) is 2.18. The second kappa shape index (κ2) is 7.81. The molecule has 1 unspecified atom stereocenters. The molecule has 22 heavy (non-hydrogen) atoms. The molecular weight excluding hydrogens is 278 g/mol. The summed E-state index contributed by atoms with van der Waals surface area (Å²) in [5.74, 6) is 0.0881. The summed E-state index contributed by atoms with van der Waals surface area (Å²) in [4.78, 5) is 16.4. The number of hydrogen-bond acceptors (Lipinski definition) is 4. The van der Waals surface area contributed by atoms with Crippen molar-refractivity contribution in [2.45, 2.75) is 38.8 Å². The van der Waals surface area contributed by atoms with Gasteiger partial charge in [-0.05, 0) is 43.6 Å². The van der Waals surface area contributed by atoms with Crippen LogP contribution in [-0.4, -0.2) is 46.5 Å². The Bertz CT molecular complexity index is 536. The molecule has 0 aromatic heterocycles. The lowest BCUT2D eigenvalue weighted by molar-refractivity contribution is -0.131. The quantitative estimate of drug-likeness (QED) is 0.874. The molecule has 1 aromatic rings. The van der Waals surface area contributed by atoms with E-state index >= 15 is 0 Å². The van der Waals surface area contributed by atoms with Crippen molar-refractivity contribution in [2.75, 3.05) is 19.6 Å². The van der Waals surface area contributed by atoms with Crippen molar-refractivity contribution in [1.82, 2.24) is 9.80 Å². The highest BCUT2D eigenvalue weighted by Gasteiger charge is 2.27. The first-order valence-electron chi connectivity index (χ1n) is 7.80. The Hall–Kier alpha value is -2.06. The highest BCUT2D eigenvalue weighted by Crippen LogP contribution is 2.20. The molecule has 0 spiro atoms. The third-order valence-corrected chi connectivity index (χ3v) is 4.23. The van der Waals surface area contributed by atoms with E-state index in [1.54, 1.807) is 17.0 Å². The number of likely N-dealkylation sites (tertiary alicyclic amines) is 1. The molecular formula is C17H23N3O2. The van der Waals surface area contributed by atoms with Gasteiger partial charge >= 0.3 is 0 Å². The van der Waals surface area contributed by atoms with Gasteiger partial charge in [0.15, 0.2) is 0 Å². The Morgan fingerprint density at radius 3 is 2.82 bits per heavy atom. The fourth-order valence-corrected chi connectivity index (χ4v) is 3.03. The van der Waals surface area contributed by atoms with E-state index in [-0.39, 0.29) is 18.1 Å². The fraction of sp³-hybridized carbons (Fsp3) is 0.529. The molecule has 5 heteroatoms. The lowest BCUT2D eigenvalue weighted by Crippen LogP contribution is -2.42. The summed E-state index contributed by atoms with van der Waals surface area (Å²) in [5.41, 5.74) is 0.963. The molecule has 1 amide bonds. The minimum Gasteiger partial charge on any atom is -0.508 e. The topological polar surface area (TPSA) is 67.6 Å². The molecule has 0 bridgehead atoms. The maximum absolute atomic E-state index is 12.2. The van der Waals surface area contributed by atoms with Gasteiger partial charge in [0.25, 0.3) is 0 Å². The van der Waals surface area contributed by atoms with Crippen LogP contribution in [0.4, 0.5) is 0 Å². The largest absolute Gasteiger partial charge is 0.508 e. The Morgan fingerprint density at radius 1 is 1.45 bits per heavy atom. The van der Waals surface area contributed by atoms with Gasteiger partial charge in [0, 0.05) is 19.1 Å². The molecule has 0 saturated carbocycles. The Balaban J connectivity index is 2.07. The summed E-state index contributed by atoms with van der Waals surface area (Å²) in [6.45, 7) is 5.36. The van der Waals surface area contributed by atoms with Crippen LogP contribution in [0.2, 0.25) is 0 Å². The molecule has 118 valence electrons. The number of nitrogens with zero attached hydrogens (tertiary/aromatic N) is 3. The molecule has 1 atom stereocenters. The van der Waals surface area contributed by atoms with E-state index in [2.05, 4.69) is 11.8 Å². The van der Waals surface area contributed by atoms with Crippen LogP contribution in [0, 0.1) is 11.3 Å². The van der Waals surface area contributed by atoms with Crippen molar-refractivity contribution in [3.8, 4) is 11.8 Å². The first-order chi connectivity index (χ1) is 10.6. The smallest absolute Gasteiger partial charge is 0.237 e. The molecule has 1 aliphatic rings. The number of carbonyl (C=O) groups excluding carboxylic acids is 1. The van der Waals surface area contributed by atoms with E-state index in [0.717, 1.165) is 31.5 Å². The molecule has 1 saturated heterocycles. The number of phenolic OH excluding ortho intramolecular Hbond substituents is 1. The molecule has 1 aromatic carbocycles. The number of benzene rings is 1. The molecule has 1 fully saturated rings. The Kier molecular flexibility index (Phi) is 5.79. The van der Waals surface area contributed by atoms with E-state index in [9.17, 15) is 9.90 Å². The van der Waals surface area contributed by atoms with Crippen LogP contribution in [0.3, 0.4) is 0 Å². The maximum Gasteiger partial charge on any atom is 0.237 e. The van der Waals surface area contributed by atoms with Crippen molar-refractivity contribution in [3.05, 3.63) is 29.8 Å². The molecule has 2 rings (SSSR count). The minimum absolute atomic E-state index is 0.0864. The number of nitriles is 1. The first-order valence-corrected chi connectivity index (χ1v) is 7.80. The van der Waals surface area contributed by atoms with Gasteiger partial charge in [-0.15, -0.1) is 0 Å². The predicted octanol–water partition coefficient (Wildman–Crippen LogP) is 2.12. The lowest BCUT2D eigenvalue weighted by Gasteiger charge is -2.30. The van der Waals surface area contributed by atoms with Crippen molar-refractivity contribution in [3.63, 3.8) is 0 Å². The van der Waals surface area contributed by atoms with Gasteiger partial charge in [0.05, 0.1) is 6.07 Å². The number of hydrogen-bond donors (Lipinski definition) is 1. The van der Waals surface area contributed by atoms with Crippen molar-refractivity contribution >= 4 is 5.91 Å². The van der Waals surface area contributed by atoms with Gasteiger partial charge in [0.2, 0.25) is 5.91 Å². The molecule has 1 heterocycles. The third-order valence-electron chi connectivity index (χ3n) is 4.23. The number of aromatic hydroxyl groups is 1. The molecule has 5 nitrogen and oxygen atoms in total. The van der Waals surface area contributed by atoms with E-state index in [4.69, 9.17) is 5.26 Å². The average Bonchev–Trinajstić information content (AvgIpc) is 2.96. The Morgan fingerprint density at radius 2 is 2.18 bits per heavy atom. The van der Waals surface area contributed by atoms with E-state index in [1.807, 2.05) is 18.2 Å². The summed E-state index contributed by atoms with van der Waals surface area (Å²) < 4.78 is 0. The van der Waals surface area contributed by atoms with Gasteiger partial charge < -0.3 is 10.0 Å². The zero-order valence-electron chi connectivity index (χ0n) is 13.0. The standard InChI is InChI=1S/C17H23N3O2/c1-2-19-11-3-4-15(19)13-20(17(22)9-10-18)12-14-5-7-16(21)8-6-14/h5-8,15,21H,2-4,9,11-13H2,1H3. The van der Waals surface area contributed by atoms with Crippen molar-refractivity contribution < 1.29 is 9.90 Å². The van der Waals surface area contributed by atoms with Gasteiger partial charge in [-0.1, -0.05) is 19.1 Å². The van der Waals surface area contributed by atoms with E-state index in [0.29, 0.717) is 19.1 Å². The Labute approximate surface area is 131 Å².